The molecule has 0 radical (unpaired) electrons. The van der Waals surface area contributed by atoms with Crippen molar-refractivity contribution in [2.24, 2.45) is 5.92 Å². The number of hydrogen-bond donors (Lipinski definition) is 3. The zero-order valence-corrected chi connectivity index (χ0v) is 13.7. The molecule has 3 N–H and O–H groups in total. The molecule has 0 aromatic heterocycles. The lowest BCUT2D eigenvalue weighted by Gasteiger charge is -2.22. The van der Waals surface area contributed by atoms with Crippen LogP contribution < -0.4 is 16.0 Å². The van der Waals surface area contributed by atoms with Crippen LogP contribution in [-0.4, -0.2) is 38.0 Å². The molecule has 5 nitrogen and oxygen atoms in total. The van der Waals surface area contributed by atoms with E-state index < -0.39 is 0 Å². The number of amides is 2. The van der Waals surface area contributed by atoms with Gasteiger partial charge in [-0.05, 0) is 55.6 Å². The average molecular weight is 336 g/mol. The Bertz CT molecular complexity index is 569. The second kappa shape index (κ2) is 9.33. The SMILES string of the molecule is O=C(/C=C/c1cccc(Cl)c1)NCC(=O)NCC1CCNCC1. The van der Waals surface area contributed by atoms with Crippen LogP contribution in [0.1, 0.15) is 18.4 Å². The van der Waals surface area contributed by atoms with Gasteiger partial charge < -0.3 is 16.0 Å². The van der Waals surface area contributed by atoms with Gasteiger partial charge in [0.05, 0.1) is 6.54 Å². The second-order valence-corrected chi connectivity index (χ2v) is 6.04. The Hall–Kier alpha value is -1.85. The molecule has 2 amide bonds. The van der Waals surface area contributed by atoms with Gasteiger partial charge in [-0.3, -0.25) is 9.59 Å². The van der Waals surface area contributed by atoms with E-state index in [4.69, 9.17) is 11.6 Å². The van der Waals surface area contributed by atoms with Crippen molar-refractivity contribution in [3.63, 3.8) is 0 Å². The van der Waals surface area contributed by atoms with Crippen molar-refractivity contribution in [2.75, 3.05) is 26.2 Å². The number of benzene rings is 1. The Morgan fingerprint density at radius 1 is 1.26 bits per heavy atom. The van der Waals surface area contributed by atoms with Crippen molar-refractivity contribution >= 4 is 29.5 Å². The molecule has 1 saturated heterocycles. The third kappa shape index (κ3) is 6.84. The Morgan fingerprint density at radius 3 is 2.78 bits per heavy atom. The molecule has 23 heavy (non-hydrogen) atoms. The van der Waals surface area contributed by atoms with E-state index in [1.165, 1.54) is 6.08 Å². The van der Waals surface area contributed by atoms with Gasteiger partial charge in [0, 0.05) is 17.6 Å². The predicted molar refractivity (Wildman–Crippen MR) is 92.1 cm³/mol. The zero-order valence-electron chi connectivity index (χ0n) is 13.0. The highest BCUT2D eigenvalue weighted by Crippen LogP contribution is 2.11. The summed E-state index contributed by atoms with van der Waals surface area (Å²) in [5.74, 6) is 0.0636. The van der Waals surface area contributed by atoms with Gasteiger partial charge in [-0.15, -0.1) is 0 Å². The van der Waals surface area contributed by atoms with E-state index in [9.17, 15) is 9.59 Å². The van der Waals surface area contributed by atoms with Crippen molar-refractivity contribution in [3.05, 3.63) is 40.9 Å². The van der Waals surface area contributed by atoms with E-state index in [0.717, 1.165) is 31.5 Å². The highest BCUT2D eigenvalue weighted by molar-refractivity contribution is 6.30. The Balaban J connectivity index is 1.66. The van der Waals surface area contributed by atoms with Crippen LogP contribution in [0, 0.1) is 5.92 Å². The number of carbonyl (C=O) groups is 2. The summed E-state index contributed by atoms with van der Waals surface area (Å²) in [7, 11) is 0. The summed E-state index contributed by atoms with van der Waals surface area (Å²) in [5, 5.41) is 9.34. The van der Waals surface area contributed by atoms with Crippen LogP contribution in [0.4, 0.5) is 0 Å². The molecular formula is C17H22ClN3O2. The number of rotatable bonds is 6. The molecule has 0 spiro atoms. The predicted octanol–water partition coefficient (Wildman–Crippen LogP) is 1.59. The molecule has 6 heteroatoms. The highest BCUT2D eigenvalue weighted by Gasteiger charge is 2.13. The molecular weight excluding hydrogens is 314 g/mol. The third-order valence-electron chi connectivity index (χ3n) is 3.75. The van der Waals surface area contributed by atoms with Crippen molar-refractivity contribution in [2.45, 2.75) is 12.8 Å². The third-order valence-corrected chi connectivity index (χ3v) is 3.98. The van der Waals surface area contributed by atoms with Gasteiger partial charge >= 0.3 is 0 Å². The quantitative estimate of drug-likeness (QED) is 0.691. The van der Waals surface area contributed by atoms with Gasteiger partial charge in [-0.25, -0.2) is 0 Å². The molecule has 1 aliphatic heterocycles. The fraction of sp³-hybridized carbons (Fsp3) is 0.412. The van der Waals surface area contributed by atoms with Gasteiger partial charge in [0.15, 0.2) is 0 Å². The van der Waals surface area contributed by atoms with Gasteiger partial charge in [0.25, 0.3) is 0 Å². The molecule has 2 rings (SSSR count). The summed E-state index contributed by atoms with van der Waals surface area (Å²) in [4.78, 5) is 23.4. The summed E-state index contributed by atoms with van der Waals surface area (Å²) in [6.07, 6.45) is 5.21. The lowest BCUT2D eigenvalue weighted by molar-refractivity contribution is -0.124. The summed E-state index contributed by atoms with van der Waals surface area (Å²) in [6, 6.07) is 7.19. The van der Waals surface area contributed by atoms with Crippen LogP contribution in [0.5, 0.6) is 0 Å². The first-order chi connectivity index (χ1) is 11.1. The fourth-order valence-corrected chi connectivity index (χ4v) is 2.61. The Labute approximate surface area is 141 Å². The monoisotopic (exact) mass is 335 g/mol. The first-order valence-electron chi connectivity index (χ1n) is 7.82. The minimum atomic E-state index is -0.304. The minimum absolute atomic E-state index is 0.0102. The number of hydrogen-bond acceptors (Lipinski definition) is 3. The van der Waals surface area contributed by atoms with Crippen LogP contribution in [-0.2, 0) is 9.59 Å². The minimum Gasteiger partial charge on any atom is -0.354 e. The van der Waals surface area contributed by atoms with Crippen molar-refractivity contribution < 1.29 is 9.59 Å². The fourth-order valence-electron chi connectivity index (χ4n) is 2.42. The van der Waals surface area contributed by atoms with Gasteiger partial charge in [-0.2, -0.15) is 0 Å². The summed E-state index contributed by atoms with van der Waals surface area (Å²) in [5.41, 5.74) is 0.836. The van der Waals surface area contributed by atoms with E-state index in [1.807, 2.05) is 12.1 Å². The summed E-state index contributed by atoms with van der Waals surface area (Å²) in [6.45, 7) is 2.68. The molecule has 1 aromatic carbocycles. The molecule has 124 valence electrons. The number of halogens is 1. The number of piperidine rings is 1. The first-order valence-corrected chi connectivity index (χ1v) is 8.20. The largest absolute Gasteiger partial charge is 0.354 e. The van der Waals surface area contributed by atoms with Crippen molar-refractivity contribution in [3.8, 4) is 0 Å². The van der Waals surface area contributed by atoms with Crippen LogP contribution in [0.3, 0.4) is 0 Å². The van der Waals surface area contributed by atoms with Crippen LogP contribution in [0.25, 0.3) is 6.08 Å². The highest BCUT2D eigenvalue weighted by atomic mass is 35.5. The maximum Gasteiger partial charge on any atom is 0.244 e. The average Bonchev–Trinajstić information content (AvgIpc) is 2.57. The van der Waals surface area contributed by atoms with E-state index >= 15 is 0 Å². The van der Waals surface area contributed by atoms with Crippen molar-refractivity contribution in [1.29, 1.82) is 0 Å². The van der Waals surface area contributed by atoms with E-state index in [2.05, 4.69) is 16.0 Å². The molecule has 1 aliphatic rings. The topological polar surface area (TPSA) is 70.2 Å². The Kier molecular flexibility index (Phi) is 7.10. The van der Waals surface area contributed by atoms with E-state index in [1.54, 1.807) is 18.2 Å². The maximum atomic E-state index is 11.7. The Morgan fingerprint density at radius 2 is 2.04 bits per heavy atom. The molecule has 0 saturated carbocycles. The van der Waals surface area contributed by atoms with E-state index in [0.29, 0.717) is 17.5 Å². The lowest BCUT2D eigenvalue weighted by atomic mass is 9.98. The standard InChI is InChI=1S/C17H22ClN3O2/c18-15-3-1-2-13(10-15)4-5-16(22)21-12-17(23)20-11-14-6-8-19-9-7-14/h1-5,10,14,19H,6-9,11-12H2,(H,20,23)(H,21,22)/b5-4+. The number of carbonyl (C=O) groups excluding carboxylic acids is 2. The molecule has 0 bridgehead atoms. The summed E-state index contributed by atoms with van der Waals surface area (Å²) >= 11 is 5.87. The lowest BCUT2D eigenvalue weighted by Crippen LogP contribution is -2.40. The maximum absolute atomic E-state index is 11.7. The van der Waals surface area contributed by atoms with Gasteiger partial charge in [0.1, 0.15) is 0 Å². The van der Waals surface area contributed by atoms with Gasteiger partial charge in [0.2, 0.25) is 11.8 Å². The van der Waals surface area contributed by atoms with Crippen LogP contribution in [0.15, 0.2) is 30.3 Å². The smallest absolute Gasteiger partial charge is 0.244 e. The van der Waals surface area contributed by atoms with Crippen molar-refractivity contribution in [1.82, 2.24) is 16.0 Å². The second-order valence-electron chi connectivity index (χ2n) is 5.60. The molecule has 0 unspecified atom stereocenters. The van der Waals surface area contributed by atoms with Gasteiger partial charge in [-0.1, -0.05) is 23.7 Å². The molecule has 1 fully saturated rings. The van der Waals surface area contributed by atoms with Crippen LogP contribution in [0.2, 0.25) is 5.02 Å². The molecule has 0 atom stereocenters. The normalized spacial score (nSPS) is 15.5. The molecule has 1 heterocycles. The molecule has 1 aromatic rings. The van der Waals surface area contributed by atoms with E-state index in [-0.39, 0.29) is 18.4 Å². The zero-order chi connectivity index (χ0) is 16.5. The number of nitrogens with one attached hydrogen (secondary N) is 3. The molecule has 0 aliphatic carbocycles. The first kappa shape index (κ1) is 17.5. The summed E-state index contributed by atoms with van der Waals surface area (Å²) < 4.78 is 0. The van der Waals surface area contributed by atoms with Crippen LogP contribution >= 0.6 is 11.6 Å².